The number of ether oxygens (including phenoxy) is 5. The molecule has 4 fully saturated rings. The molecule has 6 nitrogen and oxygen atoms in total. The van der Waals surface area contributed by atoms with E-state index in [4.69, 9.17) is 23.7 Å². The van der Waals surface area contributed by atoms with Gasteiger partial charge < -0.3 is 23.7 Å². The summed E-state index contributed by atoms with van der Waals surface area (Å²) in [5.41, 5.74) is 8.01. The van der Waals surface area contributed by atoms with Crippen molar-refractivity contribution in [1.29, 1.82) is 0 Å². The largest absolute Gasteiger partial charge is 0.468 e. The van der Waals surface area contributed by atoms with E-state index in [1.165, 1.54) is 68.1 Å². The summed E-state index contributed by atoms with van der Waals surface area (Å²) < 4.78 is 29.9. The first kappa shape index (κ1) is 35.1. The molecule has 4 aliphatic rings. The molecule has 6 heteroatoms. The summed E-state index contributed by atoms with van der Waals surface area (Å²) in [6.07, 6.45) is 9.00. The predicted octanol–water partition coefficient (Wildman–Crippen LogP) is 10.4. The van der Waals surface area contributed by atoms with Gasteiger partial charge in [0.2, 0.25) is 0 Å². The van der Waals surface area contributed by atoms with E-state index in [0.717, 1.165) is 34.3 Å². The number of carbonyl (C=O) groups excluding carboxylic acids is 1. The van der Waals surface area contributed by atoms with Crippen molar-refractivity contribution in [3.63, 3.8) is 0 Å². The summed E-state index contributed by atoms with van der Waals surface area (Å²) in [6.45, 7) is 5.44. The Bertz CT molecular complexity index is 1750. The average molecular weight is 701 g/mol. The summed E-state index contributed by atoms with van der Waals surface area (Å²) in [6, 6.07) is 33.8. The molecule has 0 bridgehead atoms. The number of rotatable bonds is 10. The molecule has 0 aromatic heterocycles. The lowest BCUT2D eigenvalue weighted by Crippen LogP contribution is -2.35. The van der Waals surface area contributed by atoms with Crippen molar-refractivity contribution < 1.29 is 28.5 Å². The summed E-state index contributed by atoms with van der Waals surface area (Å²) in [5, 5.41) is 0. The van der Waals surface area contributed by atoms with Crippen LogP contribution in [0.4, 0.5) is 0 Å². The van der Waals surface area contributed by atoms with Crippen LogP contribution < -0.4 is 4.74 Å². The third-order valence-electron chi connectivity index (χ3n) is 12.2. The zero-order chi connectivity index (χ0) is 35.4. The van der Waals surface area contributed by atoms with E-state index >= 15 is 0 Å². The maximum atomic E-state index is 13.1. The molecule has 2 aliphatic heterocycles. The van der Waals surface area contributed by atoms with E-state index in [2.05, 4.69) is 74.5 Å². The summed E-state index contributed by atoms with van der Waals surface area (Å²) >= 11 is 0. The molecular weight excluding hydrogens is 648 g/mol. The number of esters is 1. The quantitative estimate of drug-likeness (QED) is 0.121. The lowest BCUT2D eigenvalue weighted by Gasteiger charge is -2.26. The monoisotopic (exact) mass is 700 g/mol. The Hall–Kier alpha value is -3.97. The van der Waals surface area contributed by atoms with E-state index in [1.54, 1.807) is 0 Å². The van der Waals surface area contributed by atoms with Gasteiger partial charge in [-0.2, -0.15) is 0 Å². The van der Waals surface area contributed by atoms with Crippen molar-refractivity contribution in [2.24, 2.45) is 11.8 Å². The smallest absolute Gasteiger partial charge is 0.338 e. The summed E-state index contributed by atoms with van der Waals surface area (Å²) in [4.78, 5) is 13.1. The van der Waals surface area contributed by atoms with Gasteiger partial charge in [0.05, 0.1) is 18.8 Å². The fourth-order valence-corrected chi connectivity index (χ4v) is 8.69. The van der Waals surface area contributed by atoms with Gasteiger partial charge in [-0.3, -0.25) is 0 Å². The van der Waals surface area contributed by atoms with Crippen molar-refractivity contribution >= 4 is 5.97 Å². The lowest BCUT2D eigenvalue weighted by molar-refractivity contribution is -0.0839. The first-order valence-corrected chi connectivity index (χ1v) is 19.6. The minimum atomic E-state index is -0.491. The molecule has 4 atom stereocenters. The van der Waals surface area contributed by atoms with E-state index in [0.29, 0.717) is 24.0 Å². The maximum absolute atomic E-state index is 13.1. The van der Waals surface area contributed by atoms with Crippen molar-refractivity contribution in [1.82, 2.24) is 0 Å². The minimum absolute atomic E-state index is 0.0774. The number of benzene rings is 4. The average Bonchev–Trinajstić information content (AvgIpc) is 3.79. The number of fused-ring (bicyclic) bond motifs is 1. The highest BCUT2D eigenvalue weighted by Gasteiger charge is 2.50. The molecule has 8 rings (SSSR count). The van der Waals surface area contributed by atoms with Crippen LogP contribution in [0.25, 0.3) is 22.3 Å². The van der Waals surface area contributed by atoms with Gasteiger partial charge in [-0.1, -0.05) is 112 Å². The Morgan fingerprint density at radius 2 is 0.981 bits per heavy atom. The minimum Gasteiger partial charge on any atom is -0.468 e. The van der Waals surface area contributed by atoms with Crippen LogP contribution in [0.1, 0.15) is 98.5 Å². The first-order chi connectivity index (χ1) is 25.5. The van der Waals surface area contributed by atoms with E-state index in [9.17, 15) is 4.79 Å². The van der Waals surface area contributed by atoms with Crippen LogP contribution in [0, 0.1) is 11.8 Å². The second-order valence-corrected chi connectivity index (χ2v) is 15.8. The topological polar surface area (TPSA) is 63.2 Å². The molecular formula is C46H52O6. The molecule has 0 amide bonds. The van der Waals surface area contributed by atoms with Gasteiger partial charge in [-0.15, -0.1) is 0 Å². The highest BCUT2D eigenvalue weighted by atomic mass is 16.7. The number of hydrogen-bond donors (Lipinski definition) is 0. The van der Waals surface area contributed by atoms with E-state index in [1.807, 2.05) is 36.4 Å². The molecule has 0 spiro atoms. The first-order valence-electron chi connectivity index (χ1n) is 19.6. The van der Waals surface area contributed by atoms with Gasteiger partial charge >= 0.3 is 5.97 Å². The summed E-state index contributed by atoms with van der Waals surface area (Å²) in [5.74, 6) is 3.45. The van der Waals surface area contributed by atoms with Gasteiger partial charge in [0.15, 0.2) is 12.9 Å². The predicted molar refractivity (Wildman–Crippen MR) is 204 cm³/mol. The van der Waals surface area contributed by atoms with Crippen LogP contribution in [0.3, 0.4) is 0 Å². The second-order valence-electron chi connectivity index (χ2n) is 15.8. The molecule has 2 saturated carbocycles. The normalized spacial score (nSPS) is 28.7. The van der Waals surface area contributed by atoms with Gasteiger partial charge in [-0.05, 0) is 107 Å². The maximum Gasteiger partial charge on any atom is 0.338 e. The Morgan fingerprint density at radius 3 is 1.48 bits per heavy atom. The second kappa shape index (κ2) is 16.0. The van der Waals surface area contributed by atoms with Gasteiger partial charge in [-0.25, -0.2) is 4.79 Å². The van der Waals surface area contributed by atoms with Crippen LogP contribution in [0.2, 0.25) is 0 Å². The molecule has 52 heavy (non-hydrogen) atoms. The highest BCUT2D eigenvalue weighted by Crippen LogP contribution is 2.38. The summed E-state index contributed by atoms with van der Waals surface area (Å²) in [7, 11) is 0. The molecule has 4 aromatic carbocycles. The van der Waals surface area contributed by atoms with Crippen molar-refractivity contribution in [3.05, 3.63) is 114 Å². The van der Waals surface area contributed by atoms with Gasteiger partial charge in [0.1, 0.15) is 24.1 Å². The standard InChI is InChI=1S/C46H52O6/c1-30-3-7-32(8-4-30)34-11-15-36(16-12-34)38-19-21-40(22-20-38)46(47)52-43-28-49-44-42(27-48-45(43)44)51-29-50-41-25-23-39(24-26-41)37-17-13-35(14-18-37)33-9-5-31(2)6-10-33/h11-26,30-33,42-45H,3-10,27-29H2,1-2H3/t30-,31?,32-,33?,42-,43+,44+,45+/m0/s1. The molecule has 2 aliphatic carbocycles. The zero-order valence-electron chi connectivity index (χ0n) is 30.6. The molecule has 272 valence electrons. The Balaban J connectivity index is 0.781. The van der Waals surface area contributed by atoms with E-state index < -0.39 is 6.10 Å². The van der Waals surface area contributed by atoms with Gasteiger partial charge in [0, 0.05) is 0 Å². The Kier molecular flexibility index (Phi) is 10.8. The van der Waals surface area contributed by atoms with Crippen molar-refractivity contribution in [2.45, 2.75) is 101 Å². The third kappa shape index (κ3) is 8.00. The van der Waals surface area contributed by atoms with Crippen LogP contribution in [0.5, 0.6) is 5.75 Å². The SMILES string of the molecule is CC1CCC(c2ccc(-c3ccc(OCO[C@H]4CO[C@H]5[C@@H]4OC[C@H]5OC(=O)c4ccc(-c5ccc([C@H]6CC[C@H](C)CC6)cc5)cc4)cc3)cc2)CC1. The van der Waals surface area contributed by atoms with E-state index in [-0.39, 0.29) is 37.7 Å². The van der Waals surface area contributed by atoms with Gasteiger partial charge in [0.25, 0.3) is 0 Å². The molecule has 0 radical (unpaired) electrons. The Labute approximate surface area is 308 Å². The molecule has 0 N–H and O–H groups in total. The number of hydrogen-bond acceptors (Lipinski definition) is 6. The molecule has 4 aromatic rings. The zero-order valence-corrected chi connectivity index (χ0v) is 30.6. The van der Waals surface area contributed by atoms with Crippen molar-refractivity contribution in [3.8, 4) is 28.0 Å². The molecule has 0 unspecified atom stereocenters. The fraction of sp³-hybridized carbons (Fsp3) is 0.457. The molecule has 2 saturated heterocycles. The lowest BCUT2D eigenvalue weighted by atomic mass is 9.79. The van der Waals surface area contributed by atoms with Crippen LogP contribution in [0.15, 0.2) is 97.1 Å². The number of carbonyl (C=O) groups is 1. The van der Waals surface area contributed by atoms with Crippen molar-refractivity contribution in [2.75, 3.05) is 20.0 Å². The fourth-order valence-electron chi connectivity index (χ4n) is 8.69. The Morgan fingerprint density at radius 1 is 0.558 bits per heavy atom. The molecule has 2 heterocycles. The van der Waals surface area contributed by atoms with Crippen LogP contribution >= 0.6 is 0 Å². The highest BCUT2D eigenvalue weighted by molar-refractivity contribution is 5.90. The third-order valence-corrected chi connectivity index (χ3v) is 12.2. The van der Waals surface area contributed by atoms with Crippen LogP contribution in [-0.2, 0) is 18.9 Å². The van der Waals surface area contributed by atoms with Crippen LogP contribution in [-0.4, -0.2) is 50.4 Å².